The molecular weight excluding hydrogens is 309 g/mol. The summed E-state index contributed by atoms with van der Waals surface area (Å²) in [6, 6.07) is 4.56. The molecule has 1 aliphatic carbocycles. The van der Waals surface area contributed by atoms with E-state index in [1.807, 2.05) is 11.9 Å². The fourth-order valence-electron chi connectivity index (χ4n) is 3.32. The molecule has 4 rings (SSSR count). The summed E-state index contributed by atoms with van der Waals surface area (Å²) in [6.07, 6.45) is 5.56. The summed E-state index contributed by atoms with van der Waals surface area (Å²) >= 11 is 0. The molecule has 1 aromatic carbocycles. The minimum Gasteiger partial charge on any atom is -0.448 e. The summed E-state index contributed by atoms with van der Waals surface area (Å²) < 4.78 is 19.3. The number of oxazole rings is 1. The summed E-state index contributed by atoms with van der Waals surface area (Å²) in [5.41, 5.74) is 1.75. The second-order valence-electron chi connectivity index (χ2n) is 6.56. The molecule has 2 aromatic rings. The van der Waals surface area contributed by atoms with Crippen LogP contribution >= 0.6 is 0 Å². The molecular formula is C18H20FN3O2. The van der Waals surface area contributed by atoms with Crippen molar-refractivity contribution in [2.24, 2.45) is 0 Å². The van der Waals surface area contributed by atoms with E-state index in [0.717, 1.165) is 31.5 Å². The third-order valence-corrected chi connectivity index (χ3v) is 4.96. The fraction of sp³-hybridized carbons (Fsp3) is 0.444. The number of rotatable bonds is 2. The van der Waals surface area contributed by atoms with E-state index in [1.54, 1.807) is 11.0 Å². The Morgan fingerprint density at radius 1 is 1.25 bits per heavy atom. The highest BCUT2D eigenvalue weighted by molar-refractivity contribution is 6.06. The van der Waals surface area contributed by atoms with Crippen molar-refractivity contribution in [1.29, 1.82) is 0 Å². The number of benzene rings is 1. The van der Waals surface area contributed by atoms with Crippen LogP contribution in [0.15, 0.2) is 28.9 Å². The topological polar surface area (TPSA) is 49.6 Å². The van der Waals surface area contributed by atoms with E-state index < -0.39 is 0 Å². The van der Waals surface area contributed by atoms with Crippen LogP contribution in [0.5, 0.6) is 0 Å². The van der Waals surface area contributed by atoms with Crippen LogP contribution in [0.4, 0.5) is 15.8 Å². The van der Waals surface area contributed by atoms with Gasteiger partial charge in [-0.3, -0.25) is 4.79 Å². The van der Waals surface area contributed by atoms with Gasteiger partial charge in [-0.25, -0.2) is 9.37 Å². The maximum absolute atomic E-state index is 13.8. The molecule has 1 aliphatic heterocycles. The van der Waals surface area contributed by atoms with Crippen molar-refractivity contribution in [2.75, 3.05) is 29.9 Å². The Morgan fingerprint density at radius 2 is 2.08 bits per heavy atom. The molecule has 0 unspecified atom stereocenters. The van der Waals surface area contributed by atoms with Crippen LogP contribution in [0.2, 0.25) is 0 Å². The van der Waals surface area contributed by atoms with Gasteiger partial charge in [0.15, 0.2) is 11.6 Å². The van der Waals surface area contributed by atoms with Crippen molar-refractivity contribution < 1.29 is 13.6 Å². The van der Waals surface area contributed by atoms with Gasteiger partial charge in [-0.2, -0.15) is 0 Å². The van der Waals surface area contributed by atoms with Gasteiger partial charge in [0.25, 0.3) is 5.91 Å². The van der Waals surface area contributed by atoms with Gasteiger partial charge in [-0.15, -0.1) is 0 Å². The smallest absolute Gasteiger partial charge is 0.280 e. The SMILES string of the molecule is CN1CCCN(C(=O)c2coc(C3CCC3)n2)c2cc(F)ccc21. The van der Waals surface area contributed by atoms with Crippen molar-refractivity contribution in [3.8, 4) is 0 Å². The Kier molecular flexibility index (Phi) is 3.75. The van der Waals surface area contributed by atoms with E-state index >= 15 is 0 Å². The first-order chi connectivity index (χ1) is 11.6. The van der Waals surface area contributed by atoms with Gasteiger partial charge in [-0.1, -0.05) is 6.42 Å². The van der Waals surface area contributed by atoms with E-state index in [9.17, 15) is 9.18 Å². The van der Waals surface area contributed by atoms with Crippen LogP contribution in [-0.2, 0) is 0 Å². The second-order valence-corrected chi connectivity index (χ2v) is 6.56. The second kappa shape index (κ2) is 5.92. The average molecular weight is 329 g/mol. The lowest BCUT2D eigenvalue weighted by molar-refractivity contribution is 0.0982. The van der Waals surface area contributed by atoms with Crippen LogP contribution < -0.4 is 9.80 Å². The molecule has 1 amide bonds. The first-order valence-electron chi connectivity index (χ1n) is 8.41. The van der Waals surface area contributed by atoms with Crippen LogP contribution in [0.1, 0.15) is 48.0 Å². The Hall–Kier alpha value is -2.37. The highest BCUT2D eigenvalue weighted by atomic mass is 19.1. The molecule has 1 fully saturated rings. The monoisotopic (exact) mass is 329 g/mol. The molecule has 5 nitrogen and oxygen atoms in total. The number of hydrogen-bond acceptors (Lipinski definition) is 4. The number of halogens is 1. The summed E-state index contributed by atoms with van der Waals surface area (Å²) in [5.74, 6) is 0.409. The number of amides is 1. The third kappa shape index (κ3) is 2.56. The van der Waals surface area contributed by atoms with Gasteiger partial charge in [0.2, 0.25) is 0 Å². The molecule has 0 atom stereocenters. The molecule has 0 spiro atoms. The van der Waals surface area contributed by atoms with Crippen LogP contribution in [0, 0.1) is 5.82 Å². The van der Waals surface area contributed by atoms with Crippen LogP contribution in [-0.4, -0.2) is 31.0 Å². The van der Waals surface area contributed by atoms with Crippen molar-refractivity contribution in [3.63, 3.8) is 0 Å². The molecule has 126 valence electrons. The molecule has 1 aromatic heterocycles. The molecule has 0 N–H and O–H groups in total. The number of anilines is 2. The maximum atomic E-state index is 13.8. The quantitative estimate of drug-likeness (QED) is 0.845. The van der Waals surface area contributed by atoms with Gasteiger partial charge in [-0.05, 0) is 37.5 Å². The number of hydrogen-bond donors (Lipinski definition) is 0. The van der Waals surface area contributed by atoms with Crippen LogP contribution in [0.25, 0.3) is 0 Å². The Morgan fingerprint density at radius 3 is 2.83 bits per heavy atom. The van der Waals surface area contributed by atoms with Crippen molar-refractivity contribution >= 4 is 17.3 Å². The first kappa shape index (κ1) is 15.2. The molecule has 0 radical (unpaired) electrons. The van der Waals surface area contributed by atoms with Crippen molar-refractivity contribution in [1.82, 2.24) is 4.98 Å². The minimum absolute atomic E-state index is 0.230. The summed E-state index contributed by atoms with van der Waals surface area (Å²) in [6.45, 7) is 1.35. The van der Waals surface area contributed by atoms with E-state index in [4.69, 9.17) is 4.42 Å². The number of fused-ring (bicyclic) bond motifs is 1. The molecule has 1 saturated carbocycles. The standard InChI is InChI=1S/C18H20FN3O2/c1-21-8-3-9-22(16-10-13(19)6-7-15(16)21)18(23)14-11-24-17(20-14)12-4-2-5-12/h6-7,10-12H,2-5,8-9H2,1H3. The Labute approximate surface area is 140 Å². The summed E-state index contributed by atoms with van der Waals surface area (Å²) in [5, 5.41) is 0. The number of aromatic nitrogens is 1. The van der Waals surface area contributed by atoms with Gasteiger partial charge in [0, 0.05) is 26.1 Å². The summed E-state index contributed by atoms with van der Waals surface area (Å²) in [7, 11) is 1.95. The molecule has 6 heteroatoms. The maximum Gasteiger partial charge on any atom is 0.280 e. The van der Waals surface area contributed by atoms with E-state index in [1.165, 1.54) is 24.8 Å². The molecule has 24 heavy (non-hydrogen) atoms. The van der Waals surface area contributed by atoms with Crippen LogP contribution in [0.3, 0.4) is 0 Å². The van der Waals surface area contributed by atoms with E-state index in [0.29, 0.717) is 29.7 Å². The zero-order valence-corrected chi connectivity index (χ0v) is 13.7. The molecule has 0 saturated heterocycles. The predicted octanol–water partition coefficient (Wildman–Crippen LogP) is 3.57. The summed E-state index contributed by atoms with van der Waals surface area (Å²) in [4.78, 5) is 21.0. The molecule has 0 bridgehead atoms. The van der Waals surface area contributed by atoms with Gasteiger partial charge >= 0.3 is 0 Å². The Bertz CT molecular complexity index is 769. The van der Waals surface area contributed by atoms with Gasteiger partial charge < -0.3 is 14.2 Å². The first-order valence-corrected chi connectivity index (χ1v) is 8.41. The predicted molar refractivity (Wildman–Crippen MR) is 89.1 cm³/mol. The van der Waals surface area contributed by atoms with Crippen molar-refractivity contribution in [3.05, 3.63) is 41.9 Å². The zero-order valence-electron chi connectivity index (χ0n) is 13.7. The highest BCUT2D eigenvalue weighted by Crippen LogP contribution is 2.36. The molecule has 2 aliphatic rings. The fourth-order valence-corrected chi connectivity index (χ4v) is 3.32. The largest absolute Gasteiger partial charge is 0.448 e. The number of carbonyl (C=O) groups is 1. The van der Waals surface area contributed by atoms with Gasteiger partial charge in [0.05, 0.1) is 11.4 Å². The Balaban J connectivity index is 1.67. The third-order valence-electron chi connectivity index (χ3n) is 4.96. The van der Waals surface area contributed by atoms with Gasteiger partial charge in [0.1, 0.15) is 12.1 Å². The number of carbonyl (C=O) groups excluding carboxylic acids is 1. The minimum atomic E-state index is -0.350. The van der Waals surface area contributed by atoms with Crippen molar-refractivity contribution in [2.45, 2.75) is 31.6 Å². The lowest BCUT2D eigenvalue weighted by Crippen LogP contribution is -2.32. The number of nitrogens with zero attached hydrogens (tertiary/aromatic N) is 3. The lowest BCUT2D eigenvalue weighted by Gasteiger charge is -2.24. The van der Waals surface area contributed by atoms with E-state index in [2.05, 4.69) is 4.98 Å². The van der Waals surface area contributed by atoms with E-state index in [-0.39, 0.29) is 11.7 Å². The lowest BCUT2D eigenvalue weighted by atomic mass is 9.85. The normalized spacial score (nSPS) is 18.1. The highest BCUT2D eigenvalue weighted by Gasteiger charge is 2.29. The zero-order chi connectivity index (χ0) is 16.7. The average Bonchev–Trinajstić information content (AvgIpc) is 2.92. The molecule has 2 heterocycles.